The third-order valence-electron chi connectivity index (χ3n) is 5.67. The highest BCUT2D eigenvalue weighted by Gasteiger charge is 2.27. The maximum atomic E-state index is 6.11. The minimum atomic E-state index is 0.113. The zero-order valence-corrected chi connectivity index (χ0v) is 15.7. The number of imidazole rings is 1. The van der Waals surface area contributed by atoms with Crippen molar-refractivity contribution in [2.24, 2.45) is 0 Å². The molecule has 1 aliphatic carbocycles. The van der Waals surface area contributed by atoms with Gasteiger partial charge in [0.1, 0.15) is 5.75 Å². The van der Waals surface area contributed by atoms with Gasteiger partial charge in [0.15, 0.2) is 0 Å². The van der Waals surface area contributed by atoms with E-state index in [4.69, 9.17) is 9.47 Å². The molecular weight excluding hydrogens is 338 g/mol. The third kappa shape index (κ3) is 3.45. The molecule has 1 atom stereocenters. The molecule has 1 saturated carbocycles. The third-order valence-corrected chi connectivity index (χ3v) is 5.67. The van der Waals surface area contributed by atoms with E-state index in [2.05, 4.69) is 44.8 Å². The summed E-state index contributed by atoms with van der Waals surface area (Å²) < 4.78 is 13.8. The largest absolute Gasteiger partial charge is 0.497 e. The van der Waals surface area contributed by atoms with Crippen LogP contribution in [0.4, 0.5) is 0 Å². The Hall–Kier alpha value is -2.37. The molecule has 2 aliphatic rings. The molecular formula is C22H25N3O2. The summed E-state index contributed by atoms with van der Waals surface area (Å²) in [5, 5.41) is 2.42. The highest BCUT2D eigenvalue weighted by molar-refractivity contribution is 5.84. The van der Waals surface area contributed by atoms with Gasteiger partial charge in [-0.2, -0.15) is 0 Å². The second-order valence-electron chi connectivity index (χ2n) is 7.59. The number of ether oxygens (including phenoxy) is 2. The summed E-state index contributed by atoms with van der Waals surface area (Å²) in [6.45, 7) is 3.60. The lowest BCUT2D eigenvalue weighted by molar-refractivity contribution is -0.0335. The van der Waals surface area contributed by atoms with Crippen molar-refractivity contribution in [3.8, 4) is 5.75 Å². The molecule has 2 fully saturated rings. The molecule has 2 aromatic carbocycles. The van der Waals surface area contributed by atoms with E-state index in [-0.39, 0.29) is 6.10 Å². The first-order valence-corrected chi connectivity index (χ1v) is 9.72. The monoisotopic (exact) mass is 363 g/mol. The van der Waals surface area contributed by atoms with Crippen LogP contribution in [-0.4, -0.2) is 41.3 Å². The van der Waals surface area contributed by atoms with Gasteiger partial charge >= 0.3 is 0 Å². The van der Waals surface area contributed by atoms with Crippen molar-refractivity contribution in [3.05, 3.63) is 60.2 Å². The molecule has 0 unspecified atom stereocenters. The number of benzene rings is 2. The zero-order valence-electron chi connectivity index (χ0n) is 15.7. The van der Waals surface area contributed by atoms with Gasteiger partial charge in [0.05, 0.1) is 31.8 Å². The maximum Gasteiger partial charge on any atom is 0.119 e. The van der Waals surface area contributed by atoms with Gasteiger partial charge < -0.3 is 14.0 Å². The summed E-state index contributed by atoms with van der Waals surface area (Å²) >= 11 is 0. The SMILES string of the molecule is COc1ccc2cc([C@@H]3CN(Cc4cncn4C4CC4)CCO3)ccc2c1. The second-order valence-corrected chi connectivity index (χ2v) is 7.59. The van der Waals surface area contributed by atoms with Crippen LogP contribution in [0.1, 0.15) is 36.2 Å². The molecule has 2 heterocycles. The molecule has 1 aromatic heterocycles. The van der Waals surface area contributed by atoms with Gasteiger partial charge in [-0.25, -0.2) is 4.98 Å². The average Bonchev–Trinajstić information content (AvgIpc) is 3.46. The first kappa shape index (κ1) is 16.8. The summed E-state index contributed by atoms with van der Waals surface area (Å²) in [4.78, 5) is 6.86. The van der Waals surface area contributed by atoms with Gasteiger partial charge in [-0.15, -0.1) is 0 Å². The number of nitrogens with zero attached hydrogens (tertiary/aromatic N) is 3. The van der Waals surface area contributed by atoms with Gasteiger partial charge in [-0.05, 0) is 47.4 Å². The fraction of sp³-hybridized carbons (Fsp3) is 0.409. The highest BCUT2D eigenvalue weighted by Crippen LogP contribution is 2.36. The van der Waals surface area contributed by atoms with Crippen LogP contribution in [0.3, 0.4) is 0 Å². The van der Waals surface area contributed by atoms with Gasteiger partial charge in [0, 0.05) is 31.9 Å². The fourth-order valence-electron chi connectivity index (χ4n) is 3.98. The maximum absolute atomic E-state index is 6.11. The van der Waals surface area contributed by atoms with E-state index in [1.54, 1.807) is 7.11 Å². The minimum Gasteiger partial charge on any atom is -0.497 e. The van der Waals surface area contributed by atoms with Crippen molar-refractivity contribution < 1.29 is 9.47 Å². The van der Waals surface area contributed by atoms with E-state index in [0.717, 1.165) is 32.0 Å². The molecule has 3 aromatic rings. The number of hydrogen-bond acceptors (Lipinski definition) is 4. The summed E-state index contributed by atoms with van der Waals surface area (Å²) in [7, 11) is 1.70. The van der Waals surface area contributed by atoms with Gasteiger partial charge in [-0.1, -0.05) is 18.2 Å². The van der Waals surface area contributed by atoms with E-state index < -0.39 is 0 Å². The lowest BCUT2D eigenvalue weighted by atomic mass is 10.0. The molecule has 5 nitrogen and oxygen atoms in total. The standard InChI is InChI=1S/C22H25N3O2/c1-26-21-7-4-16-10-18(3-2-17(16)11-21)22-14-24(8-9-27-22)13-20-12-23-15-25(20)19-5-6-19/h2-4,7,10-12,15,19,22H,5-6,8-9,13-14H2,1H3/t22-/m0/s1. The quantitative estimate of drug-likeness (QED) is 0.688. The van der Waals surface area contributed by atoms with E-state index in [1.165, 1.54) is 34.9 Å². The number of methoxy groups -OCH3 is 1. The average molecular weight is 363 g/mol. The Labute approximate surface area is 159 Å². The first-order chi connectivity index (χ1) is 13.3. The van der Waals surface area contributed by atoms with Crippen molar-refractivity contribution in [3.63, 3.8) is 0 Å². The molecule has 1 saturated heterocycles. The molecule has 0 bridgehead atoms. The number of hydrogen-bond donors (Lipinski definition) is 0. The Morgan fingerprint density at radius 3 is 2.85 bits per heavy atom. The van der Waals surface area contributed by atoms with Gasteiger partial charge in [-0.3, -0.25) is 4.90 Å². The smallest absolute Gasteiger partial charge is 0.119 e. The van der Waals surface area contributed by atoms with E-state index >= 15 is 0 Å². The van der Waals surface area contributed by atoms with Crippen LogP contribution in [0.25, 0.3) is 10.8 Å². The van der Waals surface area contributed by atoms with Crippen LogP contribution in [0, 0.1) is 0 Å². The summed E-state index contributed by atoms with van der Waals surface area (Å²) in [5.41, 5.74) is 2.57. The predicted molar refractivity (Wildman–Crippen MR) is 105 cm³/mol. The van der Waals surface area contributed by atoms with Crippen molar-refractivity contribution in [1.29, 1.82) is 0 Å². The first-order valence-electron chi connectivity index (χ1n) is 9.72. The predicted octanol–water partition coefficient (Wildman–Crippen LogP) is 3.95. The number of fused-ring (bicyclic) bond motifs is 1. The molecule has 5 heteroatoms. The second kappa shape index (κ2) is 6.98. The van der Waals surface area contributed by atoms with Crippen LogP contribution in [-0.2, 0) is 11.3 Å². The molecule has 0 amide bonds. The Morgan fingerprint density at radius 1 is 1.15 bits per heavy atom. The van der Waals surface area contributed by atoms with Crippen LogP contribution in [0.5, 0.6) is 5.75 Å². The van der Waals surface area contributed by atoms with Gasteiger partial charge in [0.2, 0.25) is 0 Å². The van der Waals surface area contributed by atoms with E-state index in [1.807, 2.05) is 18.6 Å². The Bertz CT molecular complexity index is 948. The Morgan fingerprint density at radius 2 is 2.00 bits per heavy atom. The molecule has 140 valence electrons. The Balaban J connectivity index is 1.33. The zero-order chi connectivity index (χ0) is 18.2. The molecule has 5 rings (SSSR count). The summed E-state index contributed by atoms with van der Waals surface area (Å²) in [6.07, 6.45) is 6.70. The van der Waals surface area contributed by atoms with Crippen LogP contribution >= 0.6 is 0 Å². The normalized spacial score (nSPS) is 20.9. The van der Waals surface area contributed by atoms with Crippen molar-refractivity contribution >= 4 is 10.8 Å². The molecule has 1 aliphatic heterocycles. The van der Waals surface area contributed by atoms with Crippen LogP contribution in [0.15, 0.2) is 48.9 Å². The van der Waals surface area contributed by atoms with Crippen LogP contribution < -0.4 is 4.74 Å². The lowest BCUT2D eigenvalue weighted by Crippen LogP contribution is -2.38. The number of aromatic nitrogens is 2. The number of rotatable bonds is 5. The summed E-state index contributed by atoms with van der Waals surface area (Å²) in [6, 6.07) is 13.5. The topological polar surface area (TPSA) is 39.5 Å². The van der Waals surface area contributed by atoms with Gasteiger partial charge in [0.25, 0.3) is 0 Å². The molecule has 27 heavy (non-hydrogen) atoms. The molecule has 0 spiro atoms. The van der Waals surface area contributed by atoms with Crippen molar-refractivity contribution in [1.82, 2.24) is 14.5 Å². The fourth-order valence-corrected chi connectivity index (χ4v) is 3.98. The summed E-state index contributed by atoms with van der Waals surface area (Å²) in [5.74, 6) is 0.891. The van der Waals surface area contributed by atoms with Crippen LogP contribution in [0.2, 0.25) is 0 Å². The lowest BCUT2D eigenvalue weighted by Gasteiger charge is -2.33. The highest BCUT2D eigenvalue weighted by atomic mass is 16.5. The molecule has 0 radical (unpaired) electrons. The minimum absolute atomic E-state index is 0.113. The van der Waals surface area contributed by atoms with Crippen molar-refractivity contribution in [2.75, 3.05) is 26.8 Å². The number of morpholine rings is 1. The molecule has 0 N–H and O–H groups in total. The Kier molecular flexibility index (Phi) is 4.34. The van der Waals surface area contributed by atoms with E-state index in [0.29, 0.717) is 6.04 Å². The van der Waals surface area contributed by atoms with Crippen molar-refractivity contribution in [2.45, 2.75) is 31.5 Å². The van der Waals surface area contributed by atoms with E-state index in [9.17, 15) is 0 Å².